The SMILES string of the molecule is CC1=CCC(CCCCC2CCC(C(F)(F)Oc3cnc(-c4ccc(OC(F)(F)F)cc4)nc3)CC2)CC1. The summed E-state index contributed by atoms with van der Waals surface area (Å²) in [5, 5.41) is 0. The van der Waals surface area contributed by atoms with Crippen molar-refractivity contribution in [2.24, 2.45) is 17.8 Å². The predicted molar refractivity (Wildman–Crippen MR) is 135 cm³/mol. The number of allylic oxidation sites excluding steroid dienone is 2. The van der Waals surface area contributed by atoms with Crippen molar-refractivity contribution in [2.45, 2.75) is 90.0 Å². The molecule has 0 spiro atoms. The van der Waals surface area contributed by atoms with Crippen molar-refractivity contribution in [1.29, 1.82) is 0 Å². The van der Waals surface area contributed by atoms with Crippen LogP contribution in [0.3, 0.4) is 0 Å². The quantitative estimate of drug-likeness (QED) is 0.172. The highest BCUT2D eigenvalue weighted by Crippen LogP contribution is 2.41. The van der Waals surface area contributed by atoms with E-state index in [1.54, 1.807) is 0 Å². The van der Waals surface area contributed by atoms with Gasteiger partial charge in [0.05, 0.1) is 18.3 Å². The van der Waals surface area contributed by atoms with Crippen LogP contribution in [0.2, 0.25) is 0 Å². The molecule has 0 aliphatic heterocycles. The average Bonchev–Trinajstić information content (AvgIpc) is 2.88. The molecule has 2 aromatic rings. The molecule has 208 valence electrons. The van der Waals surface area contributed by atoms with E-state index in [4.69, 9.17) is 4.74 Å². The first-order chi connectivity index (χ1) is 18.1. The van der Waals surface area contributed by atoms with Gasteiger partial charge in [0.2, 0.25) is 0 Å². The summed E-state index contributed by atoms with van der Waals surface area (Å²) in [6.45, 7) is 2.21. The van der Waals surface area contributed by atoms with Crippen molar-refractivity contribution >= 4 is 0 Å². The highest BCUT2D eigenvalue weighted by molar-refractivity contribution is 5.56. The molecule has 1 unspecified atom stereocenters. The zero-order valence-electron chi connectivity index (χ0n) is 21.7. The maximum Gasteiger partial charge on any atom is 0.573 e. The molecule has 0 N–H and O–H groups in total. The maximum absolute atomic E-state index is 14.9. The third-order valence-corrected chi connectivity index (χ3v) is 7.77. The first kappa shape index (κ1) is 28.3. The molecule has 1 aromatic heterocycles. The average molecular weight is 539 g/mol. The number of alkyl halides is 5. The number of benzene rings is 1. The van der Waals surface area contributed by atoms with E-state index in [-0.39, 0.29) is 17.3 Å². The van der Waals surface area contributed by atoms with Gasteiger partial charge in [0.15, 0.2) is 11.6 Å². The first-order valence-corrected chi connectivity index (χ1v) is 13.5. The summed E-state index contributed by atoms with van der Waals surface area (Å²) in [6.07, 6.45) is 7.50. The molecule has 0 bridgehead atoms. The third kappa shape index (κ3) is 8.40. The Labute approximate surface area is 220 Å². The topological polar surface area (TPSA) is 44.2 Å². The lowest BCUT2D eigenvalue weighted by Gasteiger charge is -2.33. The fourth-order valence-electron chi connectivity index (χ4n) is 5.50. The molecule has 1 atom stereocenters. The minimum Gasteiger partial charge on any atom is -0.429 e. The van der Waals surface area contributed by atoms with Crippen LogP contribution >= 0.6 is 0 Å². The molecule has 2 aliphatic carbocycles. The lowest BCUT2D eigenvalue weighted by molar-refractivity contribution is -0.274. The Morgan fingerprint density at radius 1 is 0.789 bits per heavy atom. The van der Waals surface area contributed by atoms with Gasteiger partial charge >= 0.3 is 12.5 Å². The van der Waals surface area contributed by atoms with Crippen molar-refractivity contribution in [3.8, 4) is 22.9 Å². The number of nitrogens with zero attached hydrogens (tertiary/aromatic N) is 2. The van der Waals surface area contributed by atoms with E-state index in [0.717, 1.165) is 49.7 Å². The number of unbranched alkanes of at least 4 members (excludes halogenated alkanes) is 1. The van der Waals surface area contributed by atoms with E-state index in [1.165, 1.54) is 56.2 Å². The van der Waals surface area contributed by atoms with Crippen LogP contribution in [0.5, 0.6) is 11.5 Å². The van der Waals surface area contributed by atoms with E-state index in [9.17, 15) is 22.0 Å². The fourth-order valence-corrected chi connectivity index (χ4v) is 5.50. The van der Waals surface area contributed by atoms with E-state index in [1.807, 2.05) is 0 Å². The van der Waals surface area contributed by atoms with Gasteiger partial charge in [-0.1, -0.05) is 37.3 Å². The molecular weight excluding hydrogens is 503 g/mol. The van der Waals surface area contributed by atoms with Crippen LogP contribution in [0.1, 0.15) is 77.6 Å². The Morgan fingerprint density at radius 3 is 2.00 bits per heavy atom. The van der Waals surface area contributed by atoms with E-state index in [2.05, 4.69) is 27.7 Å². The molecule has 1 aromatic carbocycles. The number of halogens is 5. The van der Waals surface area contributed by atoms with Crippen LogP contribution in [-0.4, -0.2) is 22.4 Å². The summed E-state index contributed by atoms with van der Waals surface area (Å²) in [7, 11) is 0. The largest absolute Gasteiger partial charge is 0.573 e. The van der Waals surface area contributed by atoms with Gasteiger partial charge in [0.1, 0.15) is 5.75 Å². The van der Waals surface area contributed by atoms with Gasteiger partial charge in [-0.05, 0) is 88.0 Å². The van der Waals surface area contributed by atoms with Gasteiger partial charge < -0.3 is 9.47 Å². The zero-order chi connectivity index (χ0) is 27.2. The molecule has 38 heavy (non-hydrogen) atoms. The Kier molecular flexibility index (Phi) is 9.26. The normalized spacial score (nSPS) is 22.6. The van der Waals surface area contributed by atoms with E-state index < -0.39 is 18.4 Å². The van der Waals surface area contributed by atoms with Crippen molar-refractivity contribution in [3.63, 3.8) is 0 Å². The summed E-state index contributed by atoms with van der Waals surface area (Å²) in [5.41, 5.74) is 1.93. The molecule has 0 amide bonds. The van der Waals surface area contributed by atoms with Crippen molar-refractivity contribution in [3.05, 3.63) is 48.3 Å². The summed E-state index contributed by atoms with van der Waals surface area (Å²) < 4.78 is 75.5. The minimum atomic E-state index is -4.78. The Hall–Kier alpha value is -2.71. The molecule has 4 rings (SSSR count). The van der Waals surface area contributed by atoms with Crippen molar-refractivity contribution in [2.75, 3.05) is 0 Å². The molecular formula is C29H35F5N2O2. The molecule has 2 aliphatic rings. The van der Waals surface area contributed by atoms with E-state index in [0.29, 0.717) is 24.3 Å². The zero-order valence-corrected chi connectivity index (χ0v) is 21.7. The predicted octanol–water partition coefficient (Wildman–Crippen LogP) is 9.13. The lowest BCUT2D eigenvalue weighted by atomic mass is 9.78. The molecule has 0 saturated heterocycles. The number of rotatable bonds is 10. The Balaban J connectivity index is 1.20. The van der Waals surface area contributed by atoms with Gasteiger partial charge in [-0.25, -0.2) is 9.97 Å². The van der Waals surface area contributed by atoms with Crippen molar-refractivity contribution in [1.82, 2.24) is 9.97 Å². The van der Waals surface area contributed by atoms with Gasteiger partial charge in [-0.2, -0.15) is 8.78 Å². The molecule has 9 heteroatoms. The Bertz CT molecular complexity index is 1050. The Morgan fingerprint density at radius 2 is 1.42 bits per heavy atom. The fraction of sp³-hybridized carbons (Fsp3) is 0.586. The van der Waals surface area contributed by atoms with Gasteiger partial charge in [-0.15, -0.1) is 13.2 Å². The lowest BCUT2D eigenvalue weighted by Crippen LogP contribution is -2.37. The molecule has 1 heterocycles. The van der Waals surface area contributed by atoms with Crippen LogP contribution < -0.4 is 9.47 Å². The van der Waals surface area contributed by atoms with Gasteiger partial charge in [-0.3, -0.25) is 0 Å². The summed E-state index contributed by atoms with van der Waals surface area (Å²) in [4.78, 5) is 8.08. The van der Waals surface area contributed by atoms with Crippen LogP contribution in [0.15, 0.2) is 48.3 Å². The van der Waals surface area contributed by atoms with Gasteiger partial charge in [0.25, 0.3) is 0 Å². The monoisotopic (exact) mass is 538 g/mol. The smallest absolute Gasteiger partial charge is 0.429 e. The molecule has 4 nitrogen and oxygen atoms in total. The second kappa shape index (κ2) is 12.4. The van der Waals surface area contributed by atoms with Crippen LogP contribution in [-0.2, 0) is 0 Å². The van der Waals surface area contributed by atoms with E-state index >= 15 is 0 Å². The first-order valence-electron chi connectivity index (χ1n) is 13.5. The number of hydrogen-bond acceptors (Lipinski definition) is 4. The molecule has 0 radical (unpaired) electrons. The molecule has 1 saturated carbocycles. The van der Waals surface area contributed by atoms with Crippen LogP contribution in [0.4, 0.5) is 22.0 Å². The highest BCUT2D eigenvalue weighted by atomic mass is 19.4. The van der Waals surface area contributed by atoms with Crippen LogP contribution in [0.25, 0.3) is 11.4 Å². The standard InChI is InChI=1S/C29H35F5N2O2/c1-20-6-8-21(9-7-20)4-2-3-5-22-10-14-24(15-11-22)28(30,31)37-26-18-35-27(36-19-26)23-12-16-25(17-13-23)38-29(32,33)34/h6,12-13,16-19,21-22,24H,2-5,7-11,14-15H2,1H3. The summed E-state index contributed by atoms with van der Waals surface area (Å²) >= 11 is 0. The molecule has 1 fully saturated rings. The van der Waals surface area contributed by atoms with Crippen molar-refractivity contribution < 1.29 is 31.4 Å². The van der Waals surface area contributed by atoms with Gasteiger partial charge in [0, 0.05) is 5.56 Å². The highest BCUT2D eigenvalue weighted by Gasteiger charge is 2.44. The maximum atomic E-state index is 14.9. The summed E-state index contributed by atoms with van der Waals surface area (Å²) in [6, 6.07) is 4.99. The minimum absolute atomic E-state index is 0.148. The number of hydrogen-bond donors (Lipinski definition) is 0. The number of ether oxygens (including phenoxy) is 2. The second-order valence-electron chi connectivity index (χ2n) is 10.7. The van der Waals surface area contributed by atoms with Crippen LogP contribution in [0, 0.1) is 17.8 Å². The third-order valence-electron chi connectivity index (χ3n) is 7.77. The second-order valence-corrected chi connectivity index (χ2v) is 10.7. The number of aromatic nitrogens is 2. The summed E-state index contributed by atoms with van der Waals surface area (Å²) in [5.74, 6) is 0.118.